The number of aromatic amines is 1. The Balaban J connectivity index is 1.28. The summed E-state index contributed by atoms with van der Waals surface area (Å²) in [5, 5.41) is 11.5. The molecule has 6 rings (SSSR count). The van der Waals surface area contributed by atoms with Gasteiger partial charge in [-0.25, -0.2) is 15.0 Å². The lowest BCUT2D eigenvalue weighted by Crippen LogP contribution is -2.48. The summed E-state index contributed by atoms with van der Waals surface area (Å²) in [6.07, 6.45) is -1.81. The van der Waals surface area contributed by atoms with Crippen LogP contribution in [0.15, 0.2) is 52.5 Å². The molecule has 1 aromatic carbocycles. The van der Waals surface area contributed by atoms with Crippen molar-refractivity contribution < 1.29 is 13.2 Å². The quantitative estimate of drug-likeness (QED) is 0.325. The number of nitrogens with one attached hydrogen (secondary N) is 2. The van der Waals surface area contributed by atoms with Gasteiger partial charge in [0, 0.05) is 35.5 Å². The Morgan fingerprint density at radius 2 is 1.83 bits per heavy atom. The first kappa shape index (κ1) is 22.1. The number of aromatic nitrogens is 5. The summed E-state index contributed by atoms with van der Waals surface area (Å²) in [6.45, 7) is 3.90. The molecule has 11 heteroatoms. The SMILES string of the molecule is Cc1cc(Nc2cc(N3CC(C4CC4)C3)nc(Sc3ccc4nc(C(F)(F)F)ccc4c3)n2)[nH]n1. The highest BCUT2D eigenvalue weighted by Crippen LogP contribution is 2.43. The van der Waals surface area contributed by atoms with Crippen LogP contribution in [0.2, 0.25) is 0 Å². The minimum atomic E-state index is -4.47. The Morgan fingerprint density at radius 3 is 2.54 bits per heavy atom. The van der Waals surface area contributed by atoms with Gasteiger partial charge in [-0.3, -0.25) is 5.10 Å². The number of aryl methyl sites for hydroxylation is 1. The number of H-pyrrole nitrogens is 1. The highest BCUT2D eigenvalue weighted by molar-refractivity contribution is 7.99. The lowest BCUT2D eigenvalue weighted by molar-refractivity contribution is -0.140. The summed E-state index contributed by atoms with van der Waals surface area (Å²) < 4.78 is 39.0. The standard InChI is InChI=1S/C24H22F3N7S/c1-13-8-21(33-32-13)29-20-10-22(34-11-16(12-34)14-2-3-14)31-23(30-20)35-17-5-6-18-15(9-17)4-7-19(28-18)24(25,26)27/h4-10,14,16H,2-3,11-12H2,1H3,(H2,29,30,31,32,33). The van der Waals surface area contributed by atoms with Crippen LogP contribution in [0.5, 0.6) is 0 Å². The molecule has 1 aliphatic carbocycles. The molecule has 4 heterocycles. The van der Waals surface area contributed by atoms with Crippen LogP contribution in [0.4, 0.5) is 30.6 Å². The van der Waals surface area contributed by atoms with Crippen molar-refractivity contribution in [3.63, 3.8) is 0 Å². The third kappa shape index (κ3) is 4.77. The van der Waals surface area contributed by atoms with E-state index < -0.39 is 11.9 Å². The molecule has 7 nitrogen and oxygen atoms in total. The van der Waals surface area contributed by atoms with Gasteiger partial charge in [-0.2, -0.15) is 18.3 Å². The van der Waals surface area contributed by atoms with Crippen molar-refractivity contribution in [1.82, 2.24) is 25.1 Å². The molecule has 3 aromatic heterocycles. The molecular weight excluding hydrogens is 475 g/mol. The van der Waals surface area contributed by atoms with Crippen LogP contribution in [0.1, 0.15) is 24.2 Å². The van der Waals surface area contributed by atoms with Gasteiger partial charge in [-0.15, -0.1) is 0 Å². The van der Waals surface area contributed by atoms with E-state index in [1.807, 2.05) is 19.1 Å². The molecule has 1 aliphatic heterocycles. The Labute approximate surface area is 203 Å². The largest absolute Gasteiger partial charge is 0.433 e. The molecule has 1 saturated heterocycles. The number of nitrogens with zero attached hydrogens (tertiary/aromatic N) is 5. The minimum absolute atomic E-state index is 0.294. The topological polar surface area (TPSA) is 82.6 Å². The molecule has 2 N–H and O–H groups in total. The average Bonchev–Trinajstić information content (AvgIpc) is 3.52. The molecule has 2 fully saturated rings. The van der Waals surface area contributed by atoms with Crippen LogP contribution >= 0.6 is 11.8 Å². The van der Waals surface area contributed by atoms with E-state index in [4.69, 9.17) is 4.98 Å². The molecule has 0 bridgehead atoms. The van der Waals surface area contributed by atoms with Crippen LogP contribution in [-0.4, -0.2) is 38.2 Å². The van der Waals surface area contributed by atoms with E-state index >= 15 is 0 Å². The predicted molar refractivity (Wildman–Crippen MR) is 128 cm³/mol. The van der Waals surface area contributed by atoms with E-state index in [2.05, 4.69) is 30.4 Å². The second kappa shape index (κ2) is 8.40. The first-order valence-corrected chi connectivity index (χ1v) is 12.2. The van der Waals surface area contributed by atoms with Crippen molar-refractivity contribution >= 4 is 40.1 Å². The maximum absolute atomic E-state index is 13.0. The molecule has 0 atom stereocenters. The van der Waals surface area contributed by atoms with Crippen molar-refractivity contribution in [3.8, 4) is 0 Å². The molecule has 180 valence electrons. The number of anilines is 3. The molecule has 0 amide bonds. The van der Waals surface area contributed by atoms with Crippen LogP contribution in [0.25, 0.3) is 10.9 Å². The monoisotopic (exact) mass is 497 g/mol. The first-order chi connectivity index (χ1) is 16.8. The number of alkyl halides is 3. The molecule has 0 radical (unpaired) electrons. The summed E-state index contributed by atoms with van der Waals surface area (Å²) in [5.74, 6) is 3.84. The van der Waals surface area contributed by atoms with E-state index in [0.717, 1.165) is 53.2 Å². The number of pyridine rings is 1. The Hall–Kier alpha value is -3.34. The molecular formula is C24H22F3N7S. The number of fused-ring (bicyclic) bond motifs is 1. The van der Waals surface area contributed by atoms with Crippen molar-refractivity contribution in [2.75, 3.05) is 23.3 Å². The van der Waals surface area contributed by atoms with Crippen molar-refractivity contribution in [3.05, 3.63) is 53.9 Å². The number of benzene rings is 1. The average molecular weight is 498 g/mol. The normalized spacial score (nSPS) is 16.5. The Kier molecular flexibility index (Phi) is 5.32. The van der Waals surface area contributed by atoms with Crippen molar-refractivity contribution in [2.45, 2.75) is 36.0 Å². The summed E-state index contributed by atoms with van der Waals surface area (Å²) >= 11 is 1.36. The Morgan fingerprint density at radius 1 is 1.00 bits per heavy atom. The molecule has 0 spiro atoms. The van der Waals surface area contributed by atoms with E-state index in [0.29, 0.717) is 21.9 Å². The zero-order valence-corrected chi connectivity index (χ0v) is 19.6. The summed E-state index contributed by atoms with van der Waals surface area (Å²) in [5.41, 5.74) is 0.262. The van der Waals surface area contributed by atoms with E-state index in [1.54, 1.807) is 18.2 Å². The van der Waals surface area contributed by atoms with Gasteiger partial charge in [0.1, 0.15) is 23.1 Å². The van der Waals surface area contributed by atoms with Crippen molar-refractivity contribution in [1.29, 1.82) is 0 Å². The fourth-order valence-electron chi connectivity index (χ4n) is 4.30. The van der Waals surface area contributed by atoms with Crippen LogP contribution in [-0.2, 0) is 6.18 Å². The van der Waals surface area contributed by atoms with Crippen LogP contribution < -0.4 is 10.2 Å². The molecule has 35 heavy (non-hydrogen) atoms. The third-order valence-corrected chi connectivity index (χ3v) is 7.20. The number of rotatable bonds is 6. The summed E-state index contributed by atoms with van der Waals surface area (Å²) in [7, 11) is 0. The zero-order chi connectivity index (χ0) is 24.2. The van der Waals surface area contributed by atoms with Crippen LogP contribution in [0, 0.1) is 18.8 Å². The molecule has 4 aromatic rings. The lowest BCUT2D eigenvalue weighted by Gasteiger charge is -2.40. The third-order valence-electron chi connectivity index (χ3n) is 6.34. The first-order valence-electron chi connectivity index (χ1n) is 11.4. The molecule has 0 unspecified atom stereocenters. The van der Waals surface area contributed by atoms with Gasteiger partial charge in [0.15, 0.2) is 5.16 Å². The van der Waals surface area contributed by atoms with Gasteiger partial charge < -0.3 is 10.2 Å². The highest BCUT2D eigenvalue weighted by atomic mass is 32.2. The van der Waals surface area contributed by atoms with Gasteiger partial charge in [0.2, 0.25) is 0 Å². The summed E-state index contributed by atoms with van der Waals surface area (Å²) in [4.78, 5) is 16.3. The molecule has 1 saturated carbocycles. The van der Waals surface area contributed by atoms with Crippen LogP contribution in [0.3, 0.4) is 0 Å². The van der Waals surface area contributed by atoms with E-state index in [9.17, 15) is 13.2 Å². The maximum atomic E-state index is 13.0. The van der Waals surface area contributed by atoms with Crippen molar-refractivity contribution in [2.24, 2.45) is 11.8 Å². The van der Waals surface area contributed by atoms with Gasteiger partial charge >= 0.3 is 6.18 Å². The maximum Gasteiger partial charge on any atom is 0.433 e. The number of hydrogen-bond acceptors (Lipinski definition) is 7. The zero-order valence-electron chi connectivity index (χ0n) is 18.8. The fourth-order valence-corrected chi connectivity index (χ4v) is 5.12. The second-order valence-corrected chi connectivity index (χ2v) is 10.1. The predicted octanol–water partition coefficient (Wildman–Crippen LogP) is 5.82. The van der Waals surface area contributed by atoms with Gasteiger partial charge in [0.25, 0.3) is 0 Å². The van der Waals surface area contributed by atoms with E-state index in [1.165, 1.54) is 30.7 Å². The van der Waals surface area contributed by atoms with Gasteiger partial charge in [0.05, 0.1) is 11.2 Å². The van der Waals surface area contributed by atoms with Gasteiger partial charge in [-0.05, 0) is 67.6 Å². The highest BCUT2D eigenvalue weighted by Gasteiger charge is 2.40. The second-order valence-electron chi connectivity index (χ2n) is 9.10. The fraction of sp³-hybridized carbons (Fsp3) is 0.333. The molecule has 2 aliphatic rings. The Bertz CT molecular complexity index is 1390. The number of hydrogen-bond donors (Lipinski definition) is 2. The summed E-state index contributed by atoms with van der Waals surface area (Å²) in [6, 6.07) is 11.4. The van der Waals surface area contributed by atoms with E-state index in [-0.39, 0.29) is 0 Å². The van der Waals surface area contributed by atoms with Gasteiger partial charge in [-0.1, -0.05) is 6.07 Å². The minimum Gasteiger partial charge on any atom is -0.356 e. The lowest BCUT2D eigenvalue weighted by atomic mass is 9.95. The number of halogens is 3. The smallest absolute Gasteiger partial charge is 0.356 e.